The summed E-state index contributed by atoms with van der Waals surface area (Å²) in [7, 11) is 0. The van der Waals surface area contributed by atoms with Crippen LogP contribution in [0.25, 0.3) is 0 Å². The van der Waals surface area contributed by atoms with Crippen LogP contribution in [0.15, 0.2) is 40.9 Å². The lowest BCUT2D eigenvalue weighted by Crippen LogP contribution is -2.12. The molecule has 2 aromatic carbocycles. The summed E-state index contributed by atoms with van der Waals surface area (Å²) in [6.45, 7) is -0.342. The Morgan fingerprint density at radius 2 is 1.57 bits per heavy atom. The van der Waals surface area contributed by atoms with Gasteiger partial charge in [0.05, 0.1) is 5.56 Å². The van der Waals surface area contributed by atoms with Gasteiger partial charge in [0.25, 0.3) is 0 Å². The van der Waals surface area contributed by atoms with Crippen LogP contribution < -0.4 is 5.32 Å². The third kappa shape index (κ3) is 3.72. The molecule has 112 valence electrons. The van der Waals surface area contributed by atoms with Crippen molar-refractivity contribution in [3.63, 3.8) is 0 Å². The summed E-state index contributed by atoms with van der Waals surface area (Å²) in [5.41, 5.74) is -1.39. The first-order valence-electron chi connectivity index (χ1n) is 5.82. The van der Waals surface area contributed by atoms with Crippen LogP contribution in [0, 0.1) is 11.6 Å². The fraction of sp³-hybridized carbons (Fsp3) is 0.143. The van der Waals surface area contributed by atoms with Crippen LogP contribution in [-0.4, -0.2) is 0 Å². The Labute approximate surface area is 125 Å². The van der Waals surface area contributed by atoms with Crippen LogP contribution in [-0.2, 0) is 12.7 Å². The lowest BCUT2D eigenvalue weighted by Gasteiger charge is -2.14. The number of hydrogen-bond acceptors (Lipinski definition) is 1. The summed E-state index contributed by atoms with van der Waals surface area (Å²) in [6.07, 6.45) is -4.52. The molecular formula is C14H9BrF5N. The van der Waals surface area contributed by atoms with Crippen molar-refractivity contribution in [1.82, 2.24) is 0 Å². The molecule has 0 saturated heterocycles. The molecule has 21 heavy (non-hydrogen) atoms. The Morgan fingerprint density at radius 1 is 1.00 bits per heavy atom. The molecule has 0 radical (unpaired) electrons. The van der Waals surface area contributed by atoms with Gasteiger partial charge < -0.3 is 5.32 Å². The summed E-state index contributed by atoms with van der Waals surface area (Å²) >= 11 is 2.92. The van der Waals surface area contributed by atoms with Crippen molar-refractivity contribution in [1.29, 1.82) is 0 Å². The van der Waals surface area contributed by atoms with Gasteiger partial charge >= 0.3 is 6.18 Å². The number of rotatable bonds is 3. The van der Waals surface area contributed by atoms with E-state index in [1.54, 1.807) is 0 Å². The van der Waals surface area contributed by atoms with E-state index in [4.69, 9.17) is 0 Å². The second kappa shape index (κ2) is 6.01. The van der Waals surface area contributed by atoms with E-state index < -0.39 is 29.1 Å². The smallest absolute Gasteiger partial charge is 0.376 e. The van der Waals surface area contributed by atoms with E-state index in [1.807, 2.05) is 0 Å². The van der Waals surface area contributed by atoms with E-state index in [0.29, 0.717) is 0 Å². The molecule has 0 amide bonds. The van der Waals surface area contributed by atoms with E-state index in [2.05, 4.69) is 21.2 Å². The molecule has 0 heterocycles. The molecule has 0 spiro atoms. The molecule has 0 atom stereocenters. The molecule has 1 nitrogen and oxygen atoms in total. The average molecular weight is 366 g/mol. The normalized spacial score (nSPS) is 11.5. The molecule has 0 fully saturated rings. The number of nitrogens with one attached hydrogen (secondary N) is 1. The Balaban J connectivity index is 2.26. The van der Waals surface area contributed by atoms with Gasteiger partial charge in [0.15, 0.2) is 0 Å². The summed E-state index contributed by atoms with van der Waals surface area (Å²) in [5, 5.41) is 2.37. The van der Waals surface area contributed by atoms with Crippen molar-refractivity contribution in [3.05, 3.63) is 63.6 Å². The van der Waals surface area contributed by atoms with Crippen molar-refractivity contribution >= 4 is 21.6 Å². The second-order valence-electron chi connectivity index (χ2n) is 4.25. The van der Waals surface area contributed by atoms with Crippen LogP contribution in [0.4, 0.5) is 27.6 Å². The zero-order valence-electron chi connectivity index (χ0n) is 10.4. The van der Waals surface area contributed by atoms with Crippen molar-refractivity contribution in [2.45, 2.75) is 12.7 Å². The van der Waals surface area contributed by atoms with Gasteiger partial charge in [-0.05, 0) is 23.8 Å². The molecule has 0 saturated carbocycles. The lowest BCUT2D eigenvalue weighted by molar-refractivity contribution is -0.138. The Kier molecular flexibility index (Phi) is 4.51. The maximum absolute atomic E-state index is 13.6. The number of halogens is 6. The van der Waals surface area contributed by atoms with Crippen molar-refractivity contribution in [2.24, 2.45) is 0 Å². The topological polar surface area (TPSA) is 12.0 Å². The minimum absolute atomic E-state index is 0.0910. The Bertz CT molecular complexity index is 631. The minimum atomic E-state index is -4.52. The summed E-state index contributed by atoms with van der Waals surface area (Å²) in [5.74, 6) is -1.77. The first-order chi connectivity index (χ1) is 9.79. The van der Waals surface area contributed by atoms with E-state index >= 15 is 0 Å². The highest BCUT2D eigenvalue weighted by molar-refractivity contribution is 9.10. The van der Waals surface area contributed by atoms with Gasteiger partial charge in [0.1, 0.15) is 17.3 Å². The number of anilines is 1. The summed E-state index contributed by atoms with van der Waals surface area (Å²) in [4.78, 5) is 0. The SMILES string of the molecule is Fc1cc(Br)cc(F)c1NCc1ccccc1C(F)(F)F. The predicted molar refractivity (Wildman–Crippen MR) is 72.8 cm³/mol. The van der Waals surface area contributed by atoms with Gasteiger partial charge in [-0.25, -0.2) is 8.78 Å². The highest BCUT2D eigenvalue weighted by Gasteiger charge is 2.32. The lowest BCUT2D eigenvalue weighted by atomic mass is 10.1. The minimum Gasteiger partial charge on any atom is -0.376 e. The van der Waals surface area contributed by atoms with Crippen molar-refractivity contribution in [3.8, 4) is 0 Å². The van der Waals surface area contributed by atoms with Gasteiger partial charge in [-0.2, -0.15) is 13.2 Å². The third-order valence-electron chi connectivity index (χ3n) is 2.79. The number of benzene rings is 2. The van der Waals surface area contributed by atoms with Crippen LogP contribution in [0.2, 0.25) is 0 Å². The van der Waals surface area contributed by atoms with Crippen LogP contribution in [0.1, 0.15) is 11.1 Å². The Morgan fingerprint density at radius 3 is 2.14 bits per heavy atom. The molecule has 0 bridgehead atoms. The quantitative estimate of drug-likeness (QED) is 0.722. The molecule has 0 aliphatic rings. The Hall–Kier alpha value is -1.63. The van der Waals surface area contributed by atoms with Crippen molar-refractivity contribution in [2.75, 3.05) is 5.32 Å². The predicted octanol–water partition coefficient (Wildman–Crippen LogP) is 5.36. The molecule has 0 unspecified atom stereocenters. The van der Waals surface area contributed by atoms with Gasteiger partial charge in [-0.3, -0.25) is 0 Å². The van der Waals surface area contributed by atoms with Gasteiger partial charge in [0.2, 0.25) is 0 Å². The molecule has 0 aliphatic carbocycles. The molecule has 1 N–H and O–H groups in total. The fourth-order valence-electron chi connectivity index (χ4n) is 1.85. The molecule has 2 rings (SSSR count). The molecule has 0 aromatic heterocycles. The standard InChI is InChI=1S/C14H9BrF5N/c15-9-5-11(16)13(12(17)6-9)21-7-8-3-1-2-4-10(8)14(18,19)20/h1-6,21H,7H2. The zero-order valence-corrected chi connectivity index (χ0v) is 12.0. The monoisotopic (exact) mass is 365 g/mol. The van der Waals surface area contributed by atoms with Gasteiger partial charge in [-0.1, -0.05) is 34.1 Å². The molecule has 2 aromatic rings. The number of alkyl halides is 3. The average Bonchev–Trinajstić information content (AvgIpc) is 2.36. The van der Waals surface area contributed by atoms with Crippen LogP contribution in [0.3, 0.4) is 0 Å². The number of hydrogen-bond donors (Lipinski definition) is 1. The highest BCUT2D eigenvalue weighted by atomic mass is 79.9. The highest BCUT2D eigenvalue weighted by Crippen LogP contribution is 2.32. The molecular weight excluding hydrogens is 357 g/mol. The summed E-state index contributed by atoms with van der Waals surface area (Å²) < 4.78 is 65.8. The van der Waals surface area contributed by atoms with Gasteiger partial charge in [0, 0.05) is 11.0 Å². The maximum Gasteiger partial charge on any atom is 0.416 e. The van der Waals surface area contributed by atoms with Gasteiger partial charge in [-0.15, -0.1) is 0 Å². The van der Waals surface area contributed by atoms with Crippen LogP contribution >= 0.6 is 15.9 Å². The largest absolute Gasteiger partial charge is 0.416 e. The van der Waals surface area contributed by atoms with E-state index in [1.165, 1.54) is 18.2 Å². The van der Waals surface area contributed by atoms with Crippen LogP contribution in [0.5, 0.6) is 0 Å². The van der Waals surface area contributed by atoms with E-state index in [-0.39, 0.29) is 16.6 Å². The second-order valence-corrected chi connectivity index (χ2v) is 5.17. The third-order valence-corrected chi connectivity index (χ3v) is 3.24. The molecule has 7 heteroatoms. The first-order valence-corrected chi connectivity index (χ1v) is 6.62. The maximum atomic E-state index is 13.6. The summed E-state index contributed by atoms with van der Waals surface area (Å²) in [6, 6.07) is 6.92. The van der Waals surface area contributed by atoms with E-state index in [0.717, 1.165) is 18.2 Å². The fourth-order valence-corrected chi connectivity index (χ4v) is 2.25. The van der Waals surface area contributed by atoms with Crippen molar-refractivity contribution < 1.29 is 22.0 Å². The van der Waals surface area contributed by atoms with E-state index in [9.17, 15) is 22.0 Å². The molecule has 0 aliphatic heterocycles. The zero-order chi connectivity index (χ0) is 15.6. The first kappa shape index (κ1) is 15.8.